The highest BCUT2D eigenvalue weighted by molar-refractivity contribution is 4.24. The van der Waals surface area contributed by atoms with Crippen molar-refractivity contribution in [1.82, 2.24) is 5.32 Å². The predicted molar refractivity (Wildman–Crippen MR) is 56.3 cm³/mol. The topological polar surface area (TPSA) is 51.0 Å². The van der Waals surface area contributed by atoms with Crippen LogP contribution in [-0.2, 0) is 18.9 Å². The molecule has 0 bridgehead atoms. The molecule has 5 nitrogen and oxygen atoms in total. The molecule has 0 atom stereocenters. The van der Waals surface area contributed by atoms with Gasteiger partial charge in [-0.2, -0.15) is 5.32 Å². The van der Waals surface area contributed by atoms with Gasteiger partial charge in [0.05, 0.1) is 0 Å². The molecule has 5 heteroatoms. The molecule has 0 fully saturated rings. The van der Waals surface area contributed by atoms with Gasteiger partial charge in [-0.15, -0.1) is 0 Å². The molecule has 0 aliphatic carbocycles. The van der Waals surface area contributed by atoms with Gasteiger partial charge in [0.1, 0.15) is 27.0 Å². The van der Waals surface area contributed by atoms with Crippen molar-refractivity contribution in [3.63, 3.8) is 0 Å². The fourth-order valence-corrected chi connectivity index (χ4v) is 0.765. The zero-order valence-corrected chi connectivity index (χ0v) is 9.74. The van der Waals surface area contributed by atoms with E-state index in [1.54, 1.807) is 0 Å². The second-order valence-electron chi connectivity index (χ2n) is 2.94. The van der Waals surface area contributed by atoms with Gasteiger partial charge >= 0.3 is 0 Å². The van der Waals surface area contributed by atoms with Crippen LogP contribution in [0.2, 0.25) is 0 Å². The summed E-state index contributed by atoms with van der Waals surface area (Å²) in [4.78, 5) is 0. The monoisotopic (exact) mass is 220 g/mol. The fourth-order valence-electron chi connectivity index (χ4n) is 0.765. The highest BCUT2D eigenvalue weighted by Crippen LogP contribution is 1.83. The minimum Gasteiger partial charge on any atom is -0.355 e. The van der Waals surface area contributed by atoms with Crippen LogP contribution in [0.5, 0.6) is 0 Å². The van der Waals surface area contributed by atoms with Crippen LogP contribution in [0.1, 0.15) is 26.7 Å². The normalized spacial score (nSPS) is 10.8. The minimum absolute atomic E-state index is 0.295. The van der Waals surface area contributed by atoms with E-state index in [2.05, 4.69) is 19.2 Å². The van der Waals surface area contributed by atoms with Crippen molar-refractivity contribution in [2.24, 2.45) is 0 Å². The van der Waals surface area contributed by atoms with Gasteiger partial charge in [0, 0.05) is 13.2 Å². The highest BCUT2D eigenvalue weighted by Gasteiger charge is 1.90. The van der Waals surface area contributed by atoms with Crippen molar-refractivity contribution in [1.29, 1.82) is 0 Å². The SMILES string of the molecule is CCCOCOC[N]COCOCCC. The standard InChI is InChI=1S/C10H22NO4/c1-3-5-12-9-14-7-11-8-15-10-13-6-4-2/h3-10H2,1-2H3. The third kappa shape index (κ3) is 13.8. The summed E-state index contributed by atoms with van der Waals surface area (Å²) in [5.74, 6) is 0. The number of hydrogen-bond donors (Lipinski definition) is 0. The van der Waals surface area contributed by atoms with E-state index >= 15 is 0 Å². The number of nitrogens with zero attached hydrogens (tertiary/aromatic N) is 1. The molecule has 0 aliphatic heterocycles. The molecule has 0 aromatic rings. The van der Waals surface area contributed by atoms with Crippen LogP contribution >= 0.6 is 0 Å². The number of ether oxygens (including phenoxy) is 4. The summed E-state index contributed by atoms with van der Waals surface area (Å²) in [7, 11) is 0. The van der Waals surface area contributed by atoms with Gasteiger partial charge in [0.2, 0.25) is 0 Å². The van der Waals surface area contributed by atoms with Crippen molar-refractivity contribution in [2.75, 3.05) is 40.3 Å². The number of hydrogen-bond acceptors (Lipinski definition) is 4. The van der Waals surface area contributed by atoms with E-state index in [0.29, 0.717) is 27.0 Å². The summed E-state index contributed by atoms with van der Waals surface area (Å²) in [6.07, 6.45) is 2.00. The largest absolute Gasteiger partial charge is 0.355 e. The maximum Gasteiger partial charge on any atom is 0.148 e. The molecule has 0 aliphatic rings. The molecule has 0 aromatic heterocycles. The summed E-state index contributed by atoms with van der Waals surface area (Å²) in [6, 6.07) is 0. The summed E-state index contributed by atoms with van der Waals surface area (Å²) in [5.41, 5.74) is 0. The Morgan fingerprint density at radius 1 is 0.733 bits per heavy atom. The predicted octanol–water partition coefficient (Wildman–Crippen LogP) is 1.31. The smallest absolute Gasteiger partial charge is 0.148 e. The lowest BCUT2D eigenvalue weighted by Gasteiger charge is -2.06. The van der Waals surface area contributed by atoms with Crippen molar-refractivity contribution in [3.05, 3.63) is 0 Å². The molecule has 91 valence electrons. The molecule has 0 saturated carbocycles. The Labute approximate surface area is 92.0 Å². The first-order valence-electron chi connectivity index (χ1n) is 5.36. The third-order valence-electron chi connectivity index (χ3n) is 1.40. The van der Waals surface area contributed by atoms with E-state index < -0.39 is 0 Å². The molecule has 1 radical (unpaired) electrons. The van der Waals surface area contributed by atoms with Crippen molar-refractivity contribution < 1.29 is 18.9 Å². The molecule has 15 heavy (non-hydrogen) atoms. The molecule has 0 saturated heterocycles. The van der Waals surface area contributed by atoms with Gasteiger partial charge in [-0.05, 0) is 12.8 Å². The van der Waals surface area contributed by atoms with E-state index in [4.69, 9.17) is 18.9 Å². The molecule has 0 heterocycles. The maximum atomic E-state index is 5.09. The summed E-state index contributed by atoms with van der Waals surface area (Å²) in [5, 5.41) is 3.96. The Balaban J connectivity index is 2.81. The van der Waals surface area contributed by atoms with Crippen LogP contribution < -0.4 is 5.32 Å². The summed E-state index contributed by atoms with van der Waals surface area (Å²) in [6.45, 7) is 6.74. The Morgan fingerprint density at radius 3 is 1.60 bits per heavy atom. The van der Waals surface area contributed by atoms with Crippen molar-refractivity contribution in [3.8, 4) is 0 Å². The highest BCUT2D eigenvalue weighted by atomic mass is 16.7. The fraction of sp³-hybridized carbons (Fsp3) is 1.00. The molecule has 0 aromatic carbocycles. The quantitative estimate of drug-likeness (QED) is 0.367. The van der Waals surface area contributed by atoms with Crippen LogP contribution in [0.4, 0.5) is 0 Å². The zero-order chi connectivity index (χ0) is 11.2. The third-order valence-corrected chi connectivity index (χ3v) is 1.40. The van der Waals surface area contributed by atoms with Gasteiger partial charge in [-0.1, -0.05) is 13.8 Å². The Morgan fingerprint density at radius 2 is 1.20 bits per heavy atom. The van der Waals surface area contributed by atoms with Gasteiger partial charge in [0.25, 0.3) is 0 Å². The first-order chi connectivity index (χ1) is 7.41. The van der Waals surface area contributed by atoms with Crippen LogP contribution in [0.15, 0.2) is 0 Å². The Kier molecular flexibility index (Phi) is 13.6. The first-order valence-corrected chi connectivity index (χ1v) is 5.36. The van der Waals surface area contributed by atoms with Crippen LogP contribution in [-0.4, -0.2) is 40.3 Å². The van der Waals surface area contributed by atoms with Crippen LogP contribution in [0.25, 0.3) is 0 Å². The van der Waals surface area contributed by atoms with Gasteiger partial charge in [-0.25, -0.2) is 0 Å². The van der Waals surface area contributed by atoms with E-state index in [1.165, 1.54) is 0 Å². The minimum atomic E-state index is 0.295. The van der Waals surface area contributed by atoms with Crippen LogP contribution in [0, 0.1) is 0 Å². The average molecular weight is 220 g/mol. The summed E-state index contributed by atoms with van der Waals surface area (Å²) >= 11 is 0. The van der Waals surface area contributed by atoms with Gasteiger partial charge in [-0.3, -0.25) is 0 Å². The van der Waals surface area contributed by atoms with Crippen molar-refractivity contribution >= 4 is 0 Å². The molecule has 0 amide bonds. The molecule has 0 N–H and O–H groups in total. The van der Waals surface area contributed by atoms with Crippen molar-refractivity contribution in [2.45, 2.75) is 26.7 Å². The molecule has 0 unspecified atom stereocenters. The van der Waals surface area contributed by atoms with E-state index in [9.17, 15) is 0 Å². The molecular weight excluding hydrogens is 198 g/mol. The van der Waals surface area contributed by atoms with E-state index in [-0.39, 0.29) is 0 Å². The van der Waals surface area contributed by atoms with Crippen LogP contribution in [0.3, 0.4) is 0 Å². The lowest BCUT2D eigenvalue weighted by molar-refractivity contribution is -0.0878. The molecular formula is C10H22NO4. The molecule has 0 rings (SSSR count). The van der Waals surface area contributed by atoms with E-state index in [0.717, 1.165) is 26.1 Å². The average Bonchev–Trinajstić information content (AvgIpc) is 2.26. The second kappa shape index (κ2) is 13.8. The Hall–Kier alpha value is -0.200. The van der Waals surface area contributed by atoms with Gasteiger partial charge in [0.15, 0.2) is 0 Å². The first kappa shape index (κ1) is 14.8. The lowest BCUT2D eigenvalue weighted by atomic mass is 10.5. The lowest BCUT2D eigenvalue weighted by Crippen LogP contribution is -2.16. The Bertz CT molecular complexity index is 102. The summed E-state index contributed by atoms with van der Waals surface area (Å²) < 4.78 is 20.3. The van der Waals surface area contributed by atoms with E-state index in [1.807, 2.05) is 0 Å². The second-order valence-corrected chi connectivity index (χ2v) is 2.94. The van der Waals surface area contributed by atoms with Gasteiger partial charge < -0.3 is 18.9 Å². The zero-order valence-electron chi connectivity index (χ0n) is 9.74. The number of rotatable bonds is 12. The molecule has 0 spiro atoms. The maximum absolute atomic E-state index is 5.09.